The molecular weight excluding hydrogens is 302 g/mol. The summed E-state index contributed by atoms with van der Waals surface area (Å²) in [5.74, 6) is 0.901. The van der Waals surface area contributed by atoms with Crippen molar-refractivity contribution in [2.75, 3.05) is 7.11 Å². The average Bonchev–Trinajstić information content (AvgIpc) is 2.42. The summed E-state index contributed by atoms with van der Waals surface area (Å²) in [7, 11) is 1.69. The molecule has 2 aromatic rings. The van der Waals surface area contributed by atoms with E-state index in [0.717, 1.165) is 18.8 Å². The van der Waals surface area contributed by atoms with E-state index in [1.165, 1.54) is 16.7 Å². The number of halogens is 1. The summed E-state index contributed by atoms with van der Waals surface area (Å²) in [5.41, 5.74) is 3.95. The van der Waals surface area contributed by atoms with Crippen molar-refractivity contribution >= 4 is 17.0 Å². The molecule has 0 aliphatic carbocycles. The molecule has 0 aliphatic rings. The normalized spacial score (nSPS) is 9.79. The fraction of sp³-hybridized carbons (Fsp3) is 0.250. The molecule has 0 amide bonds. The van der Waals surface area contributed by atoms with Gasteiger partial charge in [0.05, 0.1) is 7.11 Å². The third-order valence-electron chi connectivity index (χ3n) is 3.06. The maximum atomic E-state index is 5.14. The average molecular weight is 322 g/mol. The molecular formula is C16H20BrNO. The Kier molecular flexibility index (Phi) is 6.60. The third kappa shape index (κ3) is 4.69. The van der Waals surface area contributed by atoms with E-state index >= 15 is 0 Å². The van der Waals surface area contributed by atoms with Crippen LogP contribution in [0.3, 0.4) is 0 Å². The van der Waals surface area contributed by atoms with Gasteiger partial charge in [0.25, 0.3) is 0 Å². The molecule has 3 heteroatoms. The summed E-state index contributed by atoms with van der Waals surface area (Å²) in [5, 5.41) is 3.46. The van der Waals surface area contributed by atoms with Crippen molar-refractivity contribution in [3.63, 3.8) is 0 Å². The topological polar surface area (TPSA) is 21.3 Å². The van der Waals surface area contributed by atoms with Crippen LogP contribution < -0.4 is 10.1 Å². The summed E-state index contributed by atoms with van der Waals surface area (Å²) < 4.78 is 5.14. The highest BCUT2D eigenvalue weighted by Gasteiger charge is 1.97. The molecule has 0 aromatic heterocycles. The third-order valence-corrected chi connectivity index (χ3v) is 3.06. The summed E-state index contributed by atoms with van der Waals surface area (Å²) in [6.07, 6.45) is 0. The maximum Gasteiger partial charge on any atom is 0.118 e. The number of hydrogen-bond acceptors (Lipinski definition) is 2. The Labute approximate surface area is 125 Å². The highest BCUT2D eigenvalue weighted by atomic mass is 79.9. The Balaban J connectivity index is 0.00000180. The number of rotatable bonds is 5. The van der Waals surface area contributed by atoms with E-state index in [1.807, 2.05) is 12.1 Å². The molecule has 0 saturated heterocycles. The largest absolute Gasteiger partial charge is 0.497 e. The molecule has 0 spiro atoms. The van der Waals surface area contributed by atoms with Gasteiger partial charge in [0.15, 0.2) is 0 Å². The van der Waals surface area contributed by atoms with Crippen LogP contribution in [-0.2, 0) is 13.1 Å². The molecule has 0 fully saturated rings. The number of methoxy groups -OCH3 is 1. The van der Waals surface area contributed by atoms with Crippen LogP contribution in [0.5, 0.6) is 5.75 Å². The van der Waals surface area contributed by atoms with Gasteiger partial charge in [-0.15, -0.1) is 17.0 Å². The molecule has 102 valence electrons. The van der Waals surface area contributed by atoms with Gasteiger partial charge < -0.3 is 10.1 Å². The SMILES string of the molecule is Br.COc1ccc(CNCc2ccccc2C)cc1. The van der Waals surface area contributed by atoms with Gasteiger partial charge in [0, 0.05) is 13.1 Å². The smallest absolute Gasteiger partial charge is 0.118 e. The number of aryl methyl sites for hydroxylation is 1. The zero-order valence-electron chi connectivity index (χ0n) is 11.3. The molecule has 0 aliphatic heterocycles. The second kappa shape index (κ2) is 7.97. The monoisotopic (exact) mass is 321 g/mol. The minimum atomic E-state index is 0. The Morgan fingerprint density at radius 2 is 1.63 bits per heavy atom. The highest BCUT2D eigenvalue weighted by Crippen LogP contribution is 2.11. The van der Waals surface area contributed by atoms with Crippen molar-refractivity contribution in [2.45, 2.75) is 20.0 Å². The lowest BCUT2D eigenvalue weighted by Gasteiger charge is -2.08. The zero-order chi connectivity index (χ0) is 12.8. The minimum Gasteiger partial charge on any atom is -0.497 e. The van der Waals surface area contributed by atoms with Gasteiger partial charge in [-0.1, -0.05) is 36.4 Å². The van der Waals surface area contributed by atoms with Crippen molar-refractivity contribution in [3.8, 4) is 5.75 Å². The molecule has 19 heavy (non-hydrogen) atoms. The molecule has 2 rings (SSSR count). The molecule has 1 N–H and O–H groups in total. The zero-order valence-corrected chi connectivity index (χ0v) is 13.1. The fourth-order valence-corrected chi connectivity index (χ4v) is 1.89. The second-order valence-corrected chi connectivity index (χ2v) is 4.38. The van der Waals surface area contributed by atoms with E-state index in [4.69, 9.17) is 4.74 Å². The number of benzene rings is 2. The predicted octanol–water partition coefficient (Wildman–Crippen LogP) is 3.87. The summed E-state index contributed by atoms with van der Waals surface area (Å²) in [4.78, 5) is 0. The Hall–Kier alpha value is -1.32. The number of ether oxygens (including phenoxy) is 1. The summed E-state index contributed by atoms with van der Waals surface area (Å²) in [6.45, 7) is 3.92. The quantitative estimate of drug-likeness (QED) is 0.902. The lowest BCUT2D eigenvalue weighted by atomic mass is 10.1. The second-order valence-electron chi connectivity index (χ2n) is 4.38. The van der Waals surface area contributed by atoms with Crippen LogP contribution in [0.15, 0.2) is 48.5 Å². The van der Waals surface area contributed by atoms with Gasteiger partial charge >= 0.3 is 0 Å². The van der Waals surface area contributed by atoms with Gasteiger partial charge in [-0.05, 0) is 35.7 Å². The van der Waals surface area contributed by atoms with Crippen molar-refractivity contribution in [2.24, 2.45) is 0 Å². The van der Waals surface area contributed by atoms with E-state index in [-0.39, 0.29) is 17.0 Å². The van der Waals surface area contributed by atoms with Crippen LogP contribution in [0.4, 0.5) is 0 Å². The summed E-state index contributed by atoms with van der Waals surface area (Å²) >= 11 is 0. The standard InChI is InChI=1S/C16H19NO.BrH/c1-13-5-3-4-6-15(13)12-17-11-14-7-9-16(18-2)10-8-14;/h3-10,17H,11-12H2,1-2H3;1H. The van der Waals surface area contributed by atoms with E-state index < -0.39 is 0 Å². The summed E-state index contributed by atoms with van der Waals surface area (Å²) in [6, 6.07) is 16.6. The molecule has 0 bridgehead atoms. The van der Waals surface area contributed by atoms with Crippen molar-refractivity contribution < 1.29 is 4.74 Å². The van der Waals surface area contributed by atoms with Crippen LogP contribution >= 0.6 is 17.0 Å². The lowest BCUT2D eigenvalue weighted by Crippen LogP contribution is -2.13. The Morgan fingerprint density at radius 1 is 0.947 bits per heavy atom. The van der Waals surface area contributed by atoms with Crippen LogP contribution in [0, 0.1) is 6.92 Å². The van der Waals surface area contributed by atoms with Crippen LogP contribution in [0.2, 0.25) is 0 Å². The van der Waals surface area contributed by atoms with Crippen LogP contribution in [-0.4, -0.2) is 7.11 Å². The highest BCUT2D eigenvalue weighted by molar-refractivity contribution is 8.93. The van der Waals surface area contributed by atoms with E-state index in [1.54, 1.807) is 7.11 Å². The van der Waals surface area contributed by atoms with Crippen molar-refractivity contribution in [3.05, 3.63) is 65.2 Å². The van der Waals surface area contributed by atoms with Crippen molar-refractivity contribution in [1.82, 2.24) is 5.32 Å². The molecule has 0 atom stereocenters. The fourth-order valence-electron chi connectivity index (χ4n) is 1.89. The Bertz CT molecular complexity index is 496. The van der Waals surface area contributed by atoms with Gasteiger partial charge in [0.2, 0.25) is 0 Å². The first-order valence-electron chi connectivity index (χ1n) is 6.18. The first-order chi connectivity index (χ1) is 8.79. The molecule has 0 radical (unpaired) electrons. The molecule has 0 unspecified atom stereocenters. The Morgan fingerprint density at radius 3 is 2.26 bits per heavy atom. The first kappa shape index (κ1) is 15.7. The lowest BCUT2D eigenvalue weighted by molar-refractivity contribution is 0.414. The van der Waals surface area contributed by atoms with Crippen molar-refractivity contribution in [1.29, 1.82) is 0 Å². The van der Waals surface area contributed by atoms with Crippen LogP contribution in [0.1, 0.15) is 16.7 Å². The van der Waals surface area contributed by atoms with E-state index in [9.17, 15) is 0 Å². The van der Waals surface area contributed by atoms with Gasteiger partial charge in [0.1, 0.15) is 5.75 Å². The number of hydrogen-bond donors (Lipinski definition) is 1. The number of nitrogens with one attached hydrogen (secondary N) is 1. The van der Waals surface area contributed by atoms with Crippen LogP contribution in [0.25, 0.3) is 0 Å². The van der Waals surface area contributed by atoms with Gasteiger partial charge in [-0.2, -0.15) is 0 Å². The van der Waals surface area contributed by atoms with E-state index in [2.05, 4.69) is 48.6 Å². The van der Waals surface area contributed by atoms with Gasteiger partial charge in [-0.3, -0.25) is 0 Å². The molecule has 2 aromatic carbocycles. The molecule has 0 saturated carbocycles. The van der Waals surface area contributed by atoms with Gasteiger partial charge in [-0.25, -0.2) is 0 Å². The first-order valence-corrected chi connectivity index (χ1v) is 6.18. The predicted molar refractivity (Wildman–Crippen MR) is 85.0 cm³/mol. The molecule has 2 nitrogen and oxygen atoms in total. The van der Waals surface area contributed by atoms with E-state index in [0.29, 0.717) is 0 Å². The minimum absolute atomic E-state index is 0. The molecule has 0 heterocycles. The maximum absolute atomic E-state index is 5.14.